The molecule has 2 atom stereocenters. The number of alkyl carbamates (subject to hydrolysis) is 1. The second-order valence-electron chi connectivity index (χ2n) is 9.74. The molecule has 0 radical (unpaired) electrons. The summed E-state index contributed by atoms with van der Waals surface area (Å²) in [5, 5.41) is 14.6. The molecular formula is C26H32N2O5. The fourth-order valence-corrected chi connectivity index (χ4v) is 4.25. The zero-order valence-electron chi connectivity index (χ0n) is 19.6. The summed E-state index contributed by atoms with van der Waals surface area (Å²) in [4.78, 5) is 36.2. The number of amides is 2. The minimum absolute atomic E-state index is 0.00213. The van der Waals surface area contributed by atoms with E-state index >= 15 is 0 Å². The second kappa shape index (κ2) is 10.1. The van der Waals surface area contributed by atoms with Gasteiger partial charge in [-0.2, -0.15) is 0 Å². The lowest BCUT2D eigenvalue weighted by atomic mass is 9.84. The van der Waals surface area contributed by atoms with Gasteiger partial charge in [-0.25, -0.2) is 4.79 Å². The summed E-state index contributed by atoms with van der Waals surface area (Å²) < 4.78 is 5.47. The SMILES string of the molecule is C[C@H](NC(=O)OCC1c2ccccc2-c2ccccc21)C(=O)NCC(CC(C)(C)C)C(=O)O. The number of carbonyl (C=O) groups is 3. The number of nitrogens with one attached hydrogen (secondary N) is 2. The lowest BCUT2D eigenvalue weighted by Crippen LogP contribution is -2.47. The fourth-order valence-electron chi connectivity index (χ4n) is 4.25. The van der Waals surface area contributed by atoms with E-state index in [0.29, 0.717) is 6.42 Å². The van der Waals surface area contributed by atoms with Crippen molar-refractivity contribution >= 4 is 18.0 Å². The predicted octanol–water partition coefficient (Wildman–Crippen LogP) is 4.17. The maximum Gasteiger partial charge on any atom is 0.407 e. The number of ether oxygens (including phenoxy) is 1. The molecular weight excluding hydrogens is 420 g/mol. The van der Waals surface area contributed by atoms with Gasteiger partial charge in [0.05, 0.1) is 5.92 Å². The number of carbonyl (C=O) groups excluding carboxylic acids is 2. The summed E-state index contributed by atoms with van der Waals surface area (Å²) in [5.74, 6) is -2.18. The molecule has 0 bridgehead atoms. The molecule has 0 aromatic heterocycles. The van der Waals surface area contributed by atoms with Crippen LogP contribution in [0.1, 0.15) is 51.2 Å². The van der Waals surface area contributed by atoms with Crippen LogP contribution >= 0.6 is 0 Å². The average molecular weight is 453 g/mol. The highest BCUT2D eigenvalue weighted by Gasteiger charge is 2.30. The number of hydrogen-bond acceptors (Lipinski definition) is 4. The van der Waals surface area contributed by atoms with Crippen molar-refractivity contribution in [3.8, 4) is 11.1 Å². The van der Waals surface area contributed by atoms with Crippen molar-refractivity contribution in [3.05, 3.63) is 59.7 Å². The first-order chi connectivity index (χ1) is 15.6. The third kappa shape index (κ3) is 6.12. The second-order valence-corrected chi connectivity index (χ2v) is 9.74. The average Bonchev–Trinajstić information content (AvgIpc) is 3.07. The van der Waals surface area contributed by atoms with E-state index in [-0.39, 0.29) is 24.5 Å². The smallest absolute Gasteiger partial charge is 0.407 e. The van der Waals surface area contributed by atoms with Gasteiger partial charge >= 0.3 is 12.1 Å². The van der Waals surface area contributed by atoms with Crippen molar-refractivity contribution in [1.29, 1.82) is 0 Å². The first-order valence-corrected chi connectivity index (χ1v) is 11.2. The molecule has 2 amide bonds. The largest absolute Gasteiger partial charge is 0.481 e. The van der Waals surface area contributed by atoms with E-state index in [0.717, 1.165) is 22.3 Å². The molecule has 7 nitrogen and oxygen atoms in total. The molecule has 3 N–H and O–H groups in total. The first-order valence-electron chi connectivity index (χ1n) is 11.2. The third-order valence-electron chi connectivity index (χ3n) is 5.80. The quantitative estimate of drug-likeness (QED) is 0.558. The van der Waals surface area contributed by atoms with Gasteiger partial charge in [-0.15, -0.1) is 0 Å². The molecule has 0 heterocycles. The minimum atomic E-state index is -0.956. The number of aliphatic carboxylic acids is 1. The van der Waals surface area contributed by atoms with Crippen LogP contribution in [0.25, 0.3) is 11.1 Å². The number of fused-ring (bicyclic) bond motifs is 3. The van der Waals surface area contributed by atoms with E-state index < -0.39 is 29.9 Å². The van der Waals surface area contributed by atoms with Crippen LogP contribution in [0.3, 0.4) is 0 Å². The Morgan fingerprint density at radius 1 is 1.00 bits per heavy atom. The first kappa shape index (κ1) is 24.3. The van der Waals surface area contributed by atoms with Crippen LogP contribution in [0.5, 0.6) is 0 Å². The van der Waals surface area contributed by atoms with Crippen LogP contribution in [-0.2, 0) is 14.3 Å². The summed E-state index contributed by atoms with van der Waals surface area (Å²) in [6.07, 6.45) is -0.263. The summed E-state index contributed by atoms with van der Waals surface area (Å²) in [6.45, 7) is 7.55. The molecule has 2 aromatic carbocycles. The molecule has 7 heteroatoms. The number of carboxylic acid groups (broad SMARTS) is 1. The number of carboxylic acids is 1. The van der Waals surface area contributed by atoms with Crippen molar-refractivity contribution < 1.29 is 24.2 Å². The molecule has 0 fully saturated rings. The molecule has 33 heavy (non-hydrogen) atoms. The predicted molar refractivity (Wildman–Crippen MR) is 126 cm³/mol. The Morgan fingerprint density at radius 2 is 1.55 bits per heavy atom. The molecule has 0 aliphatic heterocycles. The van der Waals surface area contributed by atoms with Gasteiger partial charge in [0.2, 0.25) is 5.91 Å². The number of rotatable bonds is 8. The Hall–Kier alpha value is -3.35. The summed E-state index contributed by atoms with van der Waals surface area (Å²) >= 11 is 0. The molecule has 0 saturated carbocycles. The van der Waals surface area contributed by atoms with Crippen LogP contribution in [0.2, 0.25) is 0 Å². The van der Waals surface area contributed by atoms with Gasteiger partial charge in [-0.05, 0) is 41.0 Å². The van der Waals surface area contributed by atoms with Gasteiger partial charge in [0, 0.05) is 12.5 Å². The van der Waals surface area contributed by atoms with Crippen molar-refractivity contribution in [2.75, 3.05) is 13.2 Å². The van der Waals surface area contributed by atoms with Crippen molar-refractivity contribution in [2.24, 2.45) is 11.3 Å². The summed E-state index contributed by atoms with van der Waals surface area (Å²) in [5.41, 5.74) is 4.31. The minimum Gasteiger partial charge on any atom is -0.481 e. The van der Waals surface area contributed by atoms with E-state index in [1.807, 2.05) is 57.2 Å². The van der Waals surface area contributed by atoms with Crippen LogP contribution in [-0.4, -0.2) is 42.3 Å². The molecule has 0 saturated heterocycles. The molecule has 1 aliphatic rings. The summed E-state index contributed by atoms with van der Waals surface area (Å²) in [7, 11) is 0. The van der Waals surface area contributed by atoms with Gasteiger partial charge < -0.3 is 20.5 Å². The van der Waals surface area contributed by atoms with Gasteiger partial charge in [0.15, 0.2) is 0 Å². The van der Waals surface area contributed by atoms with Crippen LogP contribution in [0.15, 0.2) is 48.5 Å². The van der Waals surface area contributed by atoms with Crippen LogP contribution < -0.4 is 10.6 Å². The highest BCUT2D eigenvalue weighted by Crippen LogP contribution is 2.44. The van der Waals surface area contributed by atoms with Crippen molar-refractivity contribution in [1.82, 2.24) is 10.6 Å². The Bertz CT molecular complexity index is 982. The van der Waals surface area contributed by atoms with E-state index in [1.54, 1.807) is 0 Å². The topological polar surface area (TPSA) is 105 Å². The Labute approximate surface area is 194 Å². The number of benzene rings is 2. The molecule has 0 spiro atoms. The normalized spacial score (nSPS) is 14.5. The molecule has 1 unspecified atom stereocenters. The van der Waals surface area contributed by atoms with Gasteiger partial charge in [0.1, 0.15) is 12.6 Å². The fraction of sp³-hybridized carbons (Fsp3) is 0.423. The lowest BCUT2D eigenvalue weighted by Gasteiger charge is -2.24. The molecule has 2 aromatic rings. The van der Waals surface area contributed by atoms with Gasteiger partial charge in [0.25, 0.3) is 0 Å². The van der Waals surface area contributed by atoms with E-state index in [1.165, 1.54) is 6.92 Å². The van der Waals surface area contributed by atoms with Crippen molar-refractivity contribution in [3.63, 3.8) is 0 Å². The van der Waals surface area contributed by atoms with Crippen molar-refractivity contribution in [2.45, 2.75) is 46.1 Å². The molecule has 1 aliphatic carbocycles. The Balaban J connectivity index is 1.53. The molecule has 3 rings (SSSR count). The lowest BCUT2D eigenvalue weighted by molar-refractivity contribution is -0.142. The third-order valence-corrected chi connectivity index (χ3v) is 5.80. The maximum absolute atomic E-state index is 12.4. The monoisotopic (exact) mass is 452 g/mol. The van der Waals surface area contributed by atoms with E-state index in [2.05, 4.69) is 22.8 Å². The van der Waals surface area contributed by atoms with Crippen LogP contribution in [0.4, 0.5) is 4.79 Å². The Morgan fingerprint density at radius 3 is 2.06 bits per heavy atom. The zero-order valence-corrected chi connectivity index (χ0v) is 19.6. The van der Waals surface area contributed by atoms with Gasteiger partial charge in [-0.3, -0.25) is 9.59 Å². The highest BCUT2D eigenvalue weighted by atomic mass is 16.5. The zero-order chi connectivity index (χ0) is 24.2. The van der Waals surface area contributed by atoms with Gasteiger partial charge in [-0.1, -0.05) is 69.3 Å². The summed E-state index contributed by atoms with van der Waals surface area (Å²) in [6, 6.07) is 15.2. The van der Waals surface area contributed by atoms with E-state index in [4.69, 9.17) is 4.74 Å². The maximum atomic E-state index is 12.4. The van der Waals surface area contributed by atoms with Crippen LogP contribution in [0, 0.1) is 11.3 Å². The molecule has 176 valence electrons. The Kier molecular flexibility index (Phi) is 7.41. The highest BCUT2D eigenvalue weighted by molar-refractivity contribution is 5.85. The number of hydrogen-bond donors (Lipinski definition) is 3. The van der Waals surface area contributed by atoms with E-state index in [9.17, 15) is 19.5 Å². The standard InChI is InChI=1S/C26H32N2O5/c1-16(23(29)27-14-17(24(30)31)13-26(2,3)4)28-25(32)33-15-22-20-11-7-5-9-18(20)19-10-6-8-12-21(19)22/h5-12,16-17,22H,13-15H2,1-4H3,(H,27,29)(H,28,32)(H,30,31)/t16-,17?/m0/s1.